The van der Waals surface area contributed by atoms with Crippen molar-refractivity contribution in [2.75, 3.05) is 20.3 Å². The summed E-state index contributed by atoms with van der Waals surface area (Å²) >= 11 is 1.39. The number of thiazole rings is 1. The number of aryl methyl sites for hydroxylation is 2. The average molecular weight is 439 g/mol. The van der Waals surface area contributed by atoms with Crippen LogP contribution in [0, 0.1) is 0 Å². The highest BCUT2D eigenvalue weighted by Crippen LogP contribution is 2.23. The lowest BCUT2D eigenvalue weighted by Crippen LogP contribution is -2.20. The molecule has 0 saturated heterocycles. The zero-order valence-corrected chi connectivity index (χ0v) is 18.7. The molecule has 1 aliphatic carbocycles. The Bertz CT molecular complexity index is 1190. The molecule has 1 aromatic heterocycles. The number of ether oxygens (including phenoxy) is 2. The number of methoxy groups -OCH3 is 1. The molecule has 162 valence electrons. The topological polar surface area (TPSA) is 69.9 Å². The zero-order chi connectivity index (χ0) is 21.8. The first kappa shape index (κ1) is 21.5. The first-order valence-electron chi connectivity index (χ1n) is 10.6. The third-order valence-corrected chi connectivity index (χ3v) is 6.60. The van der Waals surface area contributed by atoms with E-state index in [1.165, 1.54) is 36.0 Å². The van der Waals surface area contributed by atoms with Crippen LogP contribution in [0.1, 0.15) is 51.6 Å². The highest BCUT2D eigenvalue weighted by Gasteiger charge is 2.15. The van der Waals surface area contributed by atoms with Crippen LogP contribution < -0.4 is 4.80 Å². The van der Waals surface area contributed by atoms with Crippen LogP contribution in [-0.4, -0.2) is 36.8 Å². The normalized spacial score (nSPS) is 13.9. The minimum atomic E-state index is -0.389. The number of rotatable bonds is 6. The van der Waals surface area contributed by atoms with Gasteiger partial charge in [0.25, 0.3) is 5.91 Å². The summed E-state index contributed by atoms with van der Waals surface area (Å²) in [5, 5.41) is 0. The van der Waals surface area contributed by atoms with Crippen molar-refractivity contribution in [1.29, 1.82) is 0 Å². The zero-order valence-electron chi connectivity index (χ0n) is 17.8. The Morgan fingerprint density at radius 2 is 1.84 bits per heavy atom. The molecule has 1 amide bonds. The van der Waals surface area contributed by atoms with Crippen LogP contribution in [0.2, 0.25) is 0 Å². The summed E-state index contributed by atoms with van der Waals surface area (Å²) in [7, 11) is 1.36. The molecule has 1 heterocycles. The van der Waals surface area contributed by atoms with E-state index < -0.39 is 0 Å². The third-order valence-electron chi connectivity index (χ3n) is 5.56. The number of nitrogens with zero attached hydrogens (tertiary/aromatic N) is 2. The fourth-order valence-corrected chi connectivity index (χ4v) is 5.03. The van der Waals surface area contributed by atoms with Crippen molar-refractivity contribution in [3.63, 3.8) is 0 Å². The van der Waals surface area contributed by atoms with Crippen LogP contribution >= 0.6 is 11.3 Å². The number of carbonyl (C=O) groups is 2. The highest BCUT2D eigenvalue weighted by molar-refractivity contribution is 7.16. The molecule has 3 aromatic rings. The van der Waals surface area contributed by atoms with E-state index in [0.717, 1.165) is 29.5 Å². The summed E-state index contributed by atoms with van der Waals surface area (Å²) in [5.41, 5.74) is 4.60. The van der Waals surface area contributed by atoms with E-state index in [4.69, 9.17) is 9.47 Å². The monoisotopic (exact) mass is 438 g/mol. The van der Waals surface area contributed by atoms with E-state index >= 15 is 0 Å². The number of carbonyl (C=O) groups excluding carboxylic acids is 2. The van der Waals surface area contributed by atoms with Crippen molar-refractivity contribution in [2.24, 2.45) is 4.99 Å². The number of fused-ring (bicyclic) bond motifs is 2. The molecule has 0 aliphatic heterocycles. The summed E-state index contributed by atoms with van der Waals surface area (Å²) < 4.78 is 13.2. The Morgan fingerprint density at radius 3 is 2.61 bits per heavy atom. The molecule has 2 aromatic carbocycles. The van der Waals surface area contributed by atoms with Crippen molar-refractivity contribution >= 4 is 33.4 Å². The van der Waals surface area contributed by atoms with Gasteiger partial charge in [-0.1, -0.05) is 17.4 Å². The van der Waals surface area contributed by atoms with Crippen molar-refractivity contribution in [3.05, 3.63) is 63.5 Å². The first-order chi connectivity index (χ1) is 15.1. The quantitative estimate of drug-likeness (QED) is 0.428. The first-order valence-corrected chi connectivity index (χ1v) is 11.4. The summed E-state index contributed by atoms with van der Waals surface area (Å²) in [6.07, 6.45) is 4.47. The van der Waals surface area contributed by atoms with Crippen LogP contribution in [0.15, 0.2) is 41.4 Å². The predicted octanol–water partition coefficient (Wildman–Crippen LogP) is 4.15. The number of hydrogen-bond acceptors (Lipinski definition) is 5. The molecule has 7 heteroatoms. The SMILES string of the molecule is CCOCCn1c(=NC(=O)c2ccc3c(c2)CCCC3)sc2cc(C(=O)OC)ccc21. The smallest absolute Gasteiger partial charge is 0.337 e. The molecule has 0 unspecified atom stereocenters. The standard InChI is InChI=1S/C24H26N2O4S/c1-3-30-13-12-26-20-11-10-19(23(28)29-2)15-21(20)31-24(26)25-22(27)18-9-8-16-6-4-5-7-17(16)14-18/h8-11,14-15H,3-7,12-13H2,1-2H3. The fraction of sp³-hybridized carbons (Fsp3) is 0.375. The second-order valence-corrected chi connectivity index (χ2v) is 8.52. The summed E-state index contributed by atoms with van der Waals surface area (Å²) in [6, 6.07) is 11.3. The largest absolute Gasteiger partial charge is 0.465 e. The molecule has 0 bridgehead atoms. The molecule has 0 spiro atoms. The maximum absolute atomic E-state index is 13.0. The molecule has 1 aliphatic rings. The van der Waals surface area contributed by atoms with Gasteiger partial charge in [0.2, 0.25) is 0 Å². The molecule has 0 atom stereocenters. The Labute approximate surface area is 185 Å². The van der Waals surface area contributed by atoms with E-state index in [2.05, 4.69) is 11.1 Å². The number of esters is 1. The van der Waals surface area contributed by atoms with Gasteiger partial charge in [0, 0.05) is 18.7 Å². The van der Waals surface area contributed by atoms with Crippen LogP contribution in [0.25, 0.3) is 10.2 Å². The highest BCUT2D eigenvalue weighted by atomic mass is 32.1. The Morgan fingerprint density at radius 1 is 1.06 bits per heavy atom. The van der Waals surface area contributed by atoms with E-state index in [-0.39, 0.29) is 11.9 Å². The molecule has 31 heavy (non-hydrogen) atoms. The molecule has 4 rings (SSSR count). The second-order valence-electron chi connectivity index (χ2n) is 7.51. The van der Waals surface area contributed by atoms with E-state index in [0.29, 0.717) is 35.7 Å². The van der Waals surface area contributed by atoms with Crippen LogP contribution in [0.5, 0.6) is 0 Å². The van der Waals surface area contributed by atoms with Gasteiger partial charge in [-0.15, -0.1) is 0 Å². The van der Waals surface area contributed by atoms with Gasteiger partial charge in [-0.25, -0.2) is 4.79 Å². The number of benzene rings is 2. The summed E-state index contributed by atoms with van der Waals surface area (Å²) in [4.78, 5) is 30.0. The van der Waals surface area contributed by atoms with Crippen LogP contribution in [-0.2, 0) is 28.9 Å². The lowest BCUT2D eigenvalue weighted by molar-refractivity contribution is 0.0600. The fourth-order valence-electron chi connectivity index (χ4n) is 3.94. The molecule has 6 nitrogen and oxygen atoms in total. The maximum Gasteiger partial charge on any atom is 0.337 e. The van der Waals surface area contributed by atoms with Gasteiger partial charge in [0.1, 0.15) is 0 Å². The molecule has 0 radical (unpaired) electrons. The minimum absolute atomic E-state index is 0.252. The van der Waals surface area contributed by atoms with Crippen molar-refractivity contribution in [2.45, 2.75) is 39.2 Å². The summed E-state index contributed by atoms with van der Waals surface area (Å²) in [6.45, 7) is 3.66. The van der Waals surface area contributed by atoms with Gasteiger partial charge in [0.15, 0.2) is 4.80 Å². The van der Waals surface area contributed by atoms with Crippen molar-refractivity contribution in [1.82, 2.24) is 4.57 Å². The van der Waals surface area contributed by atoms with Crippen LogP contribution in [0.4, 0.5) is 0 Å². The van der Waals surface area contributed by atoms with Crippen molar-refractivity contribution in [3.8, 4) is 0 Å². The van der Waals surface area contributed by atoms with E-state index in [9.17, 15) is 9.59 Å². The number of aromatic nitrogens is 1. The van der Waals surface area contributed by atoms with E-state index in [1.54, 1.807) is 12.1 Å². The second kappa shape index (κ2) is 9.58. The number of hydrogen-bond donors (Lipinski definition) is 0. The molecule has 0 N–H and O–H groups in total. The Hall–Kier alpha value is -2.77. The molecular formula is C24H26N2O4S. The van der Waals surface area contributed by atoms with Gasteiger partial charge < -0.3 is 14.0 Å². The summed E-state index contributed by atoms with van der Waals surface area (Å²) in [5.74, 6) is -0.641. The van der Waals surface area contributed by atoms with Gasteiger partial charge in [-0.05, 0) is 74.1 Å². The lowest BCUT2D eigenvalue weighted by Gasteiger charge is -2.15. The number of amides is 1. The third kappa shape index (κ3) is 4.62. The van der Waals surface area contributed by atoms with Crippen molar-refractivity contribution < 1.29 is 19.1 Å². The predicted molar refractivity (Wildman–Crippen MR) is 121 cm³/mol. The maximum atomic E-state index is 13.0. The molecular weight excluding hydrogens is 412 g/mol. The van der Waals surface area contributed by atoms with Gasteiger partial charge >= 0.3 is 5.97 Å². The molecule has 0 fully saturated rings. The van der Waals surface area contributed by atoms with Gasteiger partial charge in [-0.2, -0.15) is 4.99 Å². The minimum Gasteiger partial charge on any atom is -0.465 e. The van der Waals surface area contributed by atoms with Gasteiger partial charge in [-0.3, -0.25) is 4.79 Å². The van der Waals surface area contributed by atoms with Gasteiger partial charge in [0.05, 0.1) is 29.5 Å². The van der Waals surface area contributed by atoms with E-state index in [1.807, 2.05) is 29.7 Å². The van der Waals surface area contributed by atoms with Crippen LogP contribution in [0.3, 0.4) is 0 Å². The average Bonchev–Trinajstić information content (AvgIpc) is 3.14. The lowest BCUT2D eigenvalue weighted by atomic mass is 9.90. The molecule has 0 saturated carbocycles. The Kier molecular flexibility index (Phi) is 6.63. The Balaban J connectivity index is 1.74.